The van der Waals surface area contributed by atoms with Crippen LogP contribution in [-0.2, 0) is 23.1 Å². The van der Waals surface area contributed by atoms with Crippen molar-refractivity contribution >= 4 is 17.8 Å². The second-order valence-corrected chi connectivity index (χ2v) is 5.61. The number of nitrogens with one attached hydrogen (secondary N) is 1. The molecule has 1 aliphatic heterocycles. The molecule has 3 rings (SSSR count). The molecule has 0 saturated carbocycles. The maximum absolute atomic E-state index is 12.6. The van der Waals surface area contributed by atoms with Gasteiger partial charge in [0.1, 0.15) is 5.76 Å². The molecular formula is C15H19N5O3. The molecule has 23 heavy (non-hydrogen) atoms. The lowest BCUT2D eigenvalue weighted by Gasteiger charge is -2.24. The van der Waals surface area contributed by atoms with Crippen LogP contribution in [0.4, 0.5) is 6.01 Å². The molecule has 3 heterocycles. The Balaban J connectivity index is 1.83. The minimum absolute atomic E-state index is 0.0713. The molecule has 8 heteroatoms. The van der Waals surface area contributed by atoms with Gasteiger partial charge in [-0.15, -0.1) is 0 Å². The first kappa shape index (κ1) is 15.3. The van der Waals surface area contributed by atoms with Crippen LogP contribution in [0.3, 0.4) is 0 Å². The fourth-order valence-electron chi connectivity index (χ4n) is 2.91. The predicted molar refractivity (Wildman–Crippen MR) is 81.3 cm³/mol. The standard InChI is InChI=1S/C15H19N5O3/c1-4-9-8-16-15(23-9)18-14(22)10-7-12(21)19(2)13(10)11-5-6-17-20(11)3/h5-6,8,10,13H,4,7H2,1-3H3,(H,16,18,22). The number of hydrogen-bond donors (Lipinski definition) is 1. The van der Waals surface area contributed by atoms with E-state index in [0.29, 0.717) is 12.2 Å². The summed E-state index contributed by atoms with van der Waals surface area (Å²) in [4.78, 5) is 30.3. The van der Waals surface area contributed by atoms with Crippen LogP contribution in [0.5, 0.6) is 0 Å². The highest BCUT2D eigenvalue weighted by molar-refractivity contribution is 5.96. The Morgan fingerprint density at radius 3 is 2.87 bits per heavy atom. The third-order valence-corrected chi connectivity index (χ3v) is 4.22. The Morgan fingerprint density at radius 2 is 2.26 bits per heavy atom. The Bertz CT molecular complexity index is 735. The van der Waals surface area contributed by atoms with E-state index in [4.69, 9.17) is 4.42 Å². The number of rotatable bonds is 4. The molecule has 1 saturated heterocycles. The number of aryl methyl sites for hydroxylation is 2. The molecule has 1 N–H and O–H groups in total. The van der Waals surface area contributed by atoms with Gasteiger partial charge in [0, 0.05) is 33.1 Å². The van der Waals surface area contributed by atoms with E-state index in [1.807, 2.05) is 13.0 Å². The van der Waals surface area contributed by atoms with Gasteiger partial charge in [0.15, 0.2) is 0 Å². The van der Waals surface area contributed by atoms with Gasteiger partial charge < -0.3 is 9.32 Å². The number of carbonyl (C=O) groups excluding carboxylic acids is 2. The van der Waals surface area contributed by atoms with Crippen LogP contribution >= 0.6 is 0 Å². The zero-order valence-electron chi connectivity index (χ0n) is 13.3. The van der Waals surface area contributed by atoms with Crippen LogP contribution in [0.2, 0.25) is 0 Å². The minimum Gasteiger partial charge on any atom is -0.429 e. The van der Waals surface area contributed by atoms with E-state index >= 15 is 0 Å². The highest BCUT2D eigenvalue weighted by Gasteiger charge is 2.44. The number of oxazole rings is 1. The molecule has 2 aromatic heterocycles. The number of nitrogens with zero attached hydrogens (tertiary/aromatic N) is 4. The topological polar surface area (TPSA) is 93.3 Å². The second-order valence-electron chi connectivity index (χ2n) is 5.61. The molecule has 0 bridgehead atoms. The summed E-state index contributed by atoms with van der Waals surface area (Å²) in [6.45, 7) is 1.94. The van der Waals surface area contributed by atoms with Crippen molar-refractivity contribution in [3.05, 3.63) is 29.9 Å². The highest BCUT2D eigenvalue weighted by atomic mass is 16.4. The summed E-state index contributed by atoms with van der Waals surface area (Å²) in [5.74, 6) is -0.167. The van der Waals surface area contributed by atoms with Gasteiger partial charge in [-0.05, 0) is 6.07 Å². The molecular weight excluding hydrogens is 298 g/mol. The van der Waals surface area contributed by atoms with Gasteiger partial charge in [0.25, 0.3) is 0 Å². The molecule has 0 radical (unpaired) electrons. The third-order valence-electron chi connectivity index (χ3n) is 4.22. The lowest BCUT2D eigenvalue weighted by molar-refractivity contribution is -0.128. The summed E-state index contributed by atoms with van der Waals surface area (Å²) < 4.78 is 7.09. The van der Waals surface area contributed by atoms with Gasteiger partial charge in [-0.25, -0.2) is 4.98 Å². The summed E-state index contributed by atoms with van der Waals surface area (Å²) >= 11 is 0. The maximum atomic E-state index is 12.6. The molecule has 1 aliphatic rings. The van der Waals surface area contributed by atoms with E-state index in [1.165, 1.54) is 0 Å². The quantitative estimate of drug-likeness (QED) is 0.912. The Kier molecular flexibility index (Phi) is 3.89. The molecule has 2 aromatic rings. The normalized spacial score (nSPS) is 21.0. The van der Waals surface area contributed by atoms with Crippen molar-refractivity contribution in [3.8, 4) is 0 Å². The molecule has 0 aliphatic carbocycles. The Labute approximate surface area is 133 Å². The van der Waals surface area contributed by atoms with Crippen molar-refractivity contribution in [1.29, 1.82) is 0 Å². The monoisotopic (exact) mass is 317 g/mol. The van der Waals surface area contributed by atoms with Crippen LogP contribution in [0.25, 0.3) is 0 Å². The average Bonchev–Trinajstić information content (AvgIpc) is 3.21. The van der Waals surface area contributed by atoms with E-state index in [1.54, 1.807) is 36.1 Å². The summed E-state index contributed by atoms with van der Waals surface area (Å²) in [7, 11) is 3.50. The SMILES string of the molecule is CCc1cnc(NC(=O)C2CC(=O)N(C)C2c2ccnn2C)o1. The average molecular weight is 317 g/mol. The largest absolute Gasteiger partial charge is 0.429 e. The van der Waals surface area contributed by atoms with Crippen molar-refractivity contribution in [2.75, 3.05) is 12.4 Å². The zero-order valence-corrected chi connectivity index (χ0v) is 13.3. The number of anilines is 1. The molecule has 0 spiro atoms. The van der Waals surface area contributed by atoms with Crippen LogP contribution in [0.1, 0.15) is 30.8 Å². The summed E-state index contributed by atoms with van der Waals surface area (Å²) in [6.07, 6.45) is 4.09. The Morgan fingerprint density at radius 1 is 1.48 bits per heavy atom. The number of hydrogen-bond acceptors (Lipinski definition) is 5. The first-order chi connectivity index (χ1) is 11.0. The van der Waals surface area contributed by atoms with Gasteiger partial charge in [-0.2, -0.15) is 5.10 Å². The molecule has 0 aromatic carbocycles. The molecule has 1 fully saturated rings. The fraction of sp³-hybridized carbons (Fsp3) is 0.467. The van der Waals surface area contributed by atoms with Gasteiger partial charge in [0.05, 0.1) is 23.9 Å². The van der Waals surface area contributed by atoms with Gasteiger partial charge in [-0.1, -0.05) is 6.92 Å². The minimum atomic E-state index is -0.514. The summed E-state index contributed by atoms with van der Waals surface area (Å²) in [6, 6.07) is 1.63. The van der Waals surface area contributed by atoms with Crippen molar-refractivity contribution < 1.29 is 14.0 Å². The predicted octanol–water partition coefficient (Wildman–Crippen LogP) is 1.13. The van der Waals surface area contributed by atoms with E-state index in [9.17, 15) is 9.59 Å². The molecule has 122 valence electrons. The molecule has 2 amide bonds. The molecule has 2 atom stereocenters. The summed E-state index contributed by atoms with van der Waals surface area (Å²) in [5.41, 5.74) is 0.820. The first-order valence-corrected chi connectivity index (χ1v) is 7.50. The third kappa shape index (κ3) is 2.71. The fourth-order valence-corrected chi connectivity index (χ4v) is 2.91. The van der Waals surface area contributed by atoms with Gasteiger partial charge in [0.2, 0.25) is 11.8 Å². The zero-order chi connectivity index (χ0) is 16.6. The van der Waals surface area contributed by atoms with E-state index in [-0.39, 0.29) is 30.3 Å². The van der Waals surface area contributed by atoms with Crippen LogP contribution in [0, 0.1) is 5.92 Å². The van der Waals surface area contributed by atoms with Crippen LogP contribution in [0.15, 0.2) is 22.9 Å². The highest BCUT2D eigenvalue weighted by Crippen LogP contribution is 2.37. The van der Waals surface area contributed by atoms with Crippen LogP contribution in [-0.4, -0.2) is 38.5 Å². The van der Waals surface area contributed by atoms with Crippen molar-refractivity contribution in [2.45, 2.75) is 25.8 Å². The van der Waals surface area contributed by atoms with Gasteiger partial charge >= 0.3 is 6.01 Å². The van der Waals surface area contributed by atoms with Crippen molar-refractivity contribution in [2.24, 2.45) is 13.0 Å². The number of likely N-dealkylation sites (tertiary alicyclic amines) is 1. The molecule has 8 nitrogen and oxygen atoms in total. The number of carbonyl (C=O) groups is 2. The summed E-state index contributed by atoms with van der Waals surface area (Å²) in [5, 5.41) is 6.79. The van der Waals surface area contributed by atoms with Crippen molar-refractivity contribution in [3.63, 3.8) is 0 Å². The Hall–Kier alpha value is -2.64. The lowest BCUT2D eigenvalue weighted by atomic mass is 9.96. The van der Waals surface area contributed by atoms with E-state index < -0.39 is 5.92 Å². The van der Waals surface area contributed by atoms with Crippen LogP contribution < -0.4 is 5.32 Å². The number of amides is 2. The molecule has 2 unspecified atom stereocenters. The van der Waals surface area contributed by atoms with Gasteiger partial charge in [-0.3, -0.25) is 19.6 Å². The smallest absolute Gasteiger partial charge is 0.301 e. The first-order valence-electron chi connectivity index (χ1n) is 7.50. The van der Waals surface area contributed by atoms with E-state index in [2.05, 4.69) is 15.4 Å². The lowest BCUT2D eigenvalue weighted by Crippen LogP contribution is -2.31. The second kappa shape index (κ2) is 5.86. The van der Waals surface area contributed by atoms with Crippen molar-refractivity contribution in [1.82, 2.24) is 19.7 Å². The van der Waals surface area contributed by atoms with E-state index in [0.717, 1.165) is 5.69 Å². The maximum Gasteiger partial charge on any atom is 0.301 e. The number of aromatic nitrogens is 3.